The van der Waals surface area contributed by atoms with E-state index in [1.54, 1.807) is 0 Å². The monoisotopic (exact) mass is 173 g/mol. The number of rotatable bonds is 6. The summed E-state index contributed by atoms with van der Waals surface area (Å²) in [6.07, 6.45) is 2.44. The van der Waals surface area contributed by atoms with Crippen LogP contribution < -0.4 is 5.73 Å². The third-order valence-electron chi connectivity index (χ3n) is 1.36. The maximum absolute atomic E-state index is 10.5. The molecule has 4 heteroatoms. The summed E-state index contributed by atoms with van der Waals surface area (Å²) in [6, 6.07) is -0.215. The van der Waals surface area contributed by atoms with Crippen molar-refractivity contribution in [2.45, 2.75) is 18.9 Å². The third kappa shape index (κ3) is 5.88. The van der Waals surface area contributed by atoms with Gasteiger partial charge in [0.05, 0.1) is 13.2 Å². The molecule has 0 saturated heterocycles. The second-order valence-corrected chi connectivity index (χ2v) is 2.46. The molecule has 0 bridgehead atoms. The molecule has 1 unspecified atom stereocenters. The van der Waals surface area contributed by atoms with Crippen molar-refractivity contribution >= 4 is 5.97 Å². The number of hydrogen-bond donors (Lipinski definition) is 2. The summed E-state index contributed by atoms with van der Waals surface area (Å²) >= 11 is 0. The zero-order valence-electron chi connectivity index (χ0n) is 7.03. The van der Waals surface area contributed by atoms with E-state index in [4.69, 9.17) is 15.6 Å². The fourth-order valence-electron chi connectivity index (χ4n) is 0.668. The van der Waals surface area contributed by atoms with E-state index in [1.165, 1.54) is 0 Å². The van der Waals surface area contributed by atoms with Gasteiger partial charge in [0.1, 0.15) is 0 Å². The molecule has 0 rings (SSSR count). The van der Waals surface area contributed by atoms with E-state index in [1.807, 2.05) is 0 Å². The molecule has 4 nitrogen and oxygen atoms in total. The molecule has 0 spiro atoms. The van der Waals surface area contributed by atoms with Crippen LogP contribution in [-0.4, -0.2) is 30.3 Å². The smallest absolute Gasteiger partial charge is 0.330 e. The van der Waals surface area contributed by atoms with Crippen LogP contribution in [0.2, 0.25) is 0 Å². The lowest BCUT2D eigenvalue weighted by Gasteiger charge is -2.06. The zero-order valence-corrected chi connectivity index (χ0v) is 7.03. The van der Waals surface area contributed by atoms with Crippen molar-refractivity contribution in [2.24, 2.45) is 5.73 Å². The molecule has 0 aliphatic carbocycles. The van der Waals surface area contributed by atoms with Crippen LogP contribution in [-0.2, 0) is 9.53 Å². The zero-order chi connectivity index (χ0) is 9.40. The van der Waals surface area contributed by atoms with Gasteiger partial charge in [0.2, 0.25) is 0 Å². The van der Waals surface area contributed by atoms with Gasteiger partial charge in [-0.25, -0.2) is 4.79 Å². The van der Waals surface area contributed by atoms with Gasteiger partial charge in [-0.3, -0.25) is 0 Å². The molecule has 0 saturated carbocycles. The molecule has 0 aromatic carbocycles. The Balaban J connectivity index is 3.21. The van der Waals surface area contributed by atoms with Gasteiger partial charge < -0.3 is 15.6 Å². The Hall–Kier alpha value is -0.870. The number of hydrogen-bond acceptors (Lipinski definition) is 4. The van der Waals surface area contributed by atoms with E-state index in [0.29, 0.717) is 19.4 Å². The number of esters is 1. The first-order chi connectivity index (χ1) is 5.70. The van der Waals surface area contributed by atoms with Gasteiger partial charge in [0.15, 0.2) is 0 Å². The van der Waals surface area contributed by atoms with Gasteiger partial charge in [-0.2, -0.15) is 0 Å². The number of aliphatic hydroxyl groups excluding tert-OH is 1. The molecular weight excluding hydrogens is 158 g/mol. The Labute approximate surface area is 72.0 Å². The van der Waals surface area contributed by atoms with Crippen LogP contribution in [0, 0.1) is 0 Å². The fraction of sp³-hybridized carbons (Fsp3) is 0.625. The van der Waals surface area contributed by atoms with E-state index in [9.17, 15) is 4.79 Å². The molecule has 0 radical (unpaired) electrons. The first-order valence-electron chi connectivity index (χ1n) is 3.86. The number of carbonyl (C=O) groups excluding carboxylic acids is 1. The highest BCUT2D eigenvalue weighted by molar-refractivity contribution is 5.81. The summed E-state index contributed by atoms with van der Waals surface area (Å²) in [4.78, 5) is 10.5. The Kier molecular flexibility index (Phi) is 6.32. The fourth-order valence-corrected chi connectivity index (χ4v) is 0.668. The van der Waals surface area contributed by atoms with Crippen LogP contribution in [0.1, 0.15) is 12.8 Å². The SMILES string of the molecule is C=CC(=O)OCCCC(N)CO. The van der Waals surface area contributed by atoms with Gasteiger partial charge in [0, 0.05) is 12.1 Å². The summed E-state index contributed by atoms with van der Waals surface area (Å²) in [5, 5.41) is 8.54. The highest BCUT2D eigenvalue weighted by Crippen LogP contribution is 1.94. The van der Waals surface area contributed by atoms with Crippen LogP contribution in [0.3, 0.4) is 0 Å². The Morgan fingerprint density at radius 3 is 2.92 bits per heavy atom. The van der Waals surface area contributed by atoms with Crippen LogP contribution in [0.25, 0.3) is 0 Å². The lowest BCUT2D eigenvalue weighted by molar-refractivity contribution is -0.137. The quantitative estimate of drug-likeness (QED) is 0.332. The molecule has 0 aromatic heterocycles. The first kappa shape index (κ1) is 11.1. The Bertz CT molecular complexity index is 147. The molecule has 0 heterocycles. The Morgan fingerprint density at radius 2 is 2.42 bits per heavy atom. The highest BCUT2D eigenvalue weighted by Gasteiger charge is 2.00. The van der Waals surface area contributed by atoms with Gasteiger partial charge >= 0.3 is 5.97 Å². The topological polar surface area (TPSA) is 72.5 Å². The third-order valence-corrected chi connectivity index (χ3v) is 1.36. The average molecular weight is 173 g/mol. The molecule has 0 aliphatic rings. The predicted molar refractivity (Wildman–Crippen MR) is 45.5 cm³/mol. The van der Waals surface area contributed by atoms with E-state index in [-0.39, 0.29) is 12.6 Å². The molecular formula is C8H15NO3. The van der Waals surface area contributed by atoms with Gasteiger partial charge in [-0.1, -0.05) is 6.58 Å². The number of aliphatic hydroxyl groups is 1. The minimum Gasteiger partial charge on any atom is -0.463 e. The normalized spacial score (nSPS) is 12.2. The molecule has 12 heavy (non-hydrogen) atoms. The maximum atomic E-state index is 10.5. The van der Waals surface area contributed by atoms with Crippen molar-refractivity contribution in [1.82, 2.24) is 0 Å². The first-order valence-corrected chi connectivity index (χ1v) is 3.86. The van der Waals surface area contributed by atoms with Gasteiger partial charge in [0.25, 0.3) is 0 Å². The van der Waals surface area contributed by atoms with Crippen LogP contribution in [0.4, 0.5) is 0 Å². The summed E-state index contributed by atoms with van der Waals surface area (Å²) in [5.41, 5.74) is 5.41. The molecule has 3 N–H and O–H groups in total. The molecule has 0 aromatic rings. The van der Waals surface area contributed by atoms with Crippen LogP contribution in [0.5, 0.6) is 0 Å². The van der Waals surface area contributed by atoms with E-state index >= 15 is 0 Å². The molecule has 1 atom stereocenters. The van der Waals surface area contributed by atoms with E-state index in [2.05, 4.69) is 6.58 Å². The Morgan fingerprint density at radius 1 is 1.75 bits per heavy atom. The van der Waals surface area contributed by atoms with Crippen molar-refractivity contribution < 1.29 is 14.6 Å². The molecule has 0 aliphatic heterocycles. The molecule has 70 valence electrons. The summed E-state index contributed by atoms with van der Waals surface area (Å²) in [7, 11) is 0. The largest absolute Gasteiger partial charge is 0.463 e. The van der Waals surface area contributed by atoms with Crippen LogP contribution >= 0.6 is 0 Å². The van der Waals surface area contributed by atoms with E-state index < -0.39 is 5.97 Å². The lowest BCUT2D eigenvalue weighted by atomic mass is 10.2. The summed E-state index contributed by atoms with van der Waals surface area (Å²) in [6.45, 7) is 3.55. The van der Waals surface area contributed by atoms with Crippen molar-refractivity contribution in [3.63, 3.8) is 0 Å². The predicted octanol–water partition coefficient (Wildman–Crippen LogP) is -0.185. The van der Waals surface area contributed by atoms with Gasteiger partial charge in [-0.15, -0.1) is 0 Å². The van der Waals surface area contributed by atoms with Crippen molar-refractivity contribution in [2.75, 3.05) is 13.2 Å². The lowest BCUT2D eigenvalue weighted by Crippen LogP contribution is -2.24. The van der Waals surface area contributed by atoms with Crippen molar-refractivity contribution in [3.05, 3.63) is 12.7 Å². The average Bonchev–Trinajstić information content (AvgIpc) is 2.11. The molecule has 0 fully saturated rings. The van der Waals surface area contributed by atoms with Crippen molar-refractivity contribution in [3.8, 4) is 0 Å². The number of nitrogens with two attached hydrogens (primary N) is 1. The minimum atomic E-state index is -0.424. The minimum absolute atomic E-state index is 0.0323. The highest BCUT2D eigenvalue weighted by atomic mass is 16.5. The summed E-state index contributed by atoms with van der Waals surface area (Å²) < 4.78 is 4.69. The van der Waals surface area contributed by atoms with Crippen molar-refractivity contribution in [1.29, 1.82) is 0 Å². The standard InChI is InChI=1S/C8H15NO3/c1-2-8(11)12-5-3-4-7(9)6-10/h2,7,10H,1,3-6,9H2. The maximum Gasteiger partial charge on any atom is 0.330 e. The number of ether oxygens (including phenoxy) is 1. The molecule has 0 amide bonds. The number of carbonyl (C=O) groups is 1. The van der Waals surface area contributed by atoms with E-state index in [0.717, 1.165) is 6.08 Å². The second kappa shape index (κ2) is 6.82. The van der Waals surface area contributed by atoms with Gasteiger partial charge in [-0.05, 0) is 12.8 Å². The summed E-state index contributed by atoms with van der Waals surface area (Å²) in [5.74, 6) is -0.424. The second-order valence-electron chi connectivity index (χ2n) is 2.46. The van der Waals surface area contributed by atoms with Crippen LogP contribution in [0.15, 0.2) is 12.7 Å².